The van der Waals surface area contributed by atoms with Gasteiger partial charge in [-0.1, -0.05) is 29.4 Å². The maximum absolute atomic E-state index is 11.5. The van der Waals surface area contributed by atoms with E-state index in [1.54, 1.807) is 6.08 Å². The first-order valence-electron chi connectivity index (χ1n) is 7.59. The molecule has 0 aliphatic rings. The van der Waals surface area contributed by atoms with Crippen LogP contribution in [0.1, 0.15) is 60.3 Å². The summed E-state index contributed by atoms with van der Waals surface area (Å²) < 4.78 is 5.07. The van der Waals surface area contributed by atoms with Crippen LogP contribution in [-0.2, 0) is 9.53 Å². The molecule has 0 aliphatic carbocycles. The molecular weight excluding hydrogens is 264 g/mol. The summed E-state index contributed by atoms with van der Waals surface area (Å²) in [7, 11) is 0. The largest absolute Gasteiger partial charge is 0.460 e. The van der Waals surface area contributed by atoms with Crippen LogP contribution in [0.3, 0.4) is 0 Å². The molecule has 0 radical (unpaired) electrons. The van der Waals surface area contributed by atoms with E-state index in [9.17, 15) is 9.90 Å². The van der Waals surface area contributed by atoms with Gasteiger partial charge in [0.25, 0.3) is 0 Å². The Morgan fingerprint density at radius 2 is 1.81 bits per heavy atom. The van der Waals surface area contributed by atoms with Gasteiger partial charge in [0.1, 0.15) is 0 Å². The van der Waals surface area contributed by atoms with Crippen molar-refractivity contribution < 1.29 is 14.6 Å². The van der Waals surface area contributed by atoms with Crippen molar-refractivity contribution in [2.45, 2.75) is 72.5 Å². The highest BCUT2D eigenvalue weighted by Gasteiger charge is 2.04. The van der Waals surface area contributed by atoms with E-state index in [-0.39, 0.29) is 12.1 Å². The van der Waals surface area contributed by atoms with Crippen molar-refractivity contribution in [3.05, 3.63) is 35.5 Å². The summed E-state index contributed by atoms with van der Waals surface area (Å²) in [5.41, 5.74) is 3.09. The molecule has 0 fully saturated rings. The van der Waals surface area contributed by atoms with E-state index in [4.69, 9.17) is 4.74 Å². The molecule has 1 N–H and O–H groups in total. The number of ether oxygens (including phenoxy) is 1. The minimum absolute atomic E-state index is 0.0802. The summed E-state index contributed by atoms with van der Waals surface area (Å²) in [4.78, 5) is 11.5. The Labute approximate surface area is 129 Å². The van der Waals surface area contributed by atoms with Gasteiger partial charge in [-0.25, -0.2) is 4.79 Å². The summed E-state index contributed by atoms with van der Waals surface area (Å²) in [5.74, 6) is -0.271. The lowest BCUT2D eigenvalue weighted by Crippen LogP contribution is -2.09. The molecule has 0 saturated carbocycles. The van der Waals surface area contributed by atoms with Gasteiger partial charge in [-0.2, -0.15) is 0 Å². The fraction of sp³-hybridized carbons (Fsp3) is 0.611. The number of hydrogen-bond donors (Lipinski definition) is 1. The zero-order valence-electron chi connectivity index (χ0n) is 14.1. The van der Waals surface area contributed by atoms with Crippen LogP contribution in [0.15, 0.2) is 35.5 Å². The molecule has 0 aliphatic heterocycles. The van der Waals surface area contributed by atoms with Crippen LogP contribution in [0.25, 0.3) is 0 Å². The van der Waals surface area contributed by atoms with Gasteiger partial charge in [-0.3, -0.25) is 0 Å². The number of allylic oxidation sites excluding steroid dienone is 3. The minimum Gasteiger partial charge on any atom is -0.460 e. The monoisotopic (exact) mass is 294 g/mol. The molecule has 0 spiro atoms. The molecule has 0 heterocycles. The SMILES string of the molecule is C=C(C)C(O)CCC(C)=CCCC(C)=CC(=O)OC(C)C. The molecule has 0 aromatic heterocycles. The first-order valence-corrected chi connectivity index (χ1v) is 7.59. The Balaban J connectivity index is 4.10. The van der Waals surface area contributed by atoms with E-state index in [0.29, 0.717) is 6.42 Å². The summed E-state index contributed by atoms with van der Waals surface area (Å²) >= 11 is 0. The second kappa shape index (κ2) is 10.4. The molecule has 120 valence electrons. The second-order valence-corrected chi connectivity index (χ2v) is 5.97. The highest BCUT2D eigenvalue weighted by Crippen LogP contribution is 2.14. The molecule has 1 atom stereocenters. The fourth-order valence-electron chi connectivity index (χ4n) is 1.80. The molecule has 0 saturated heterocycles. The van der Waals surface area contributed by atoms with E-state index >= 15 is 0 Å². The van der Waals surface area contributed by atoms with E-state index in [1.807, 2.05) is 27.7 Å². The normalized spacial score (nSPS) is 14.2. The van der Waals surface area contributed by atoms with E-state index < -0.39 is 6.10 Å². The van der Waals surface area contributed by atoms with E-state index in [2.05, 4.69) is 19.6 Å². The number of rotatable bonds is 9. The summed E-state index contributed by atoms with van der Waals surface area (Å²) in [6.45, 7) is 13.3. The summed E-state index contributed by atoms with van der Waals surface area (Å²) in [5, 5.41) is 9.67. The number of aliphatic hydroxyl groups excluding tert-OH is 1. The molecule has 3 nitrogen and oxygen atoms in total. The number of hydrogen-bond acceptors (Lipinski definition) is 3. The van der Waals surface area contributed by atoms with Gasteiger partial charge in [0.15, 0.2) is 0 Å². The zero-order valence-corrected chi connectivity index (χ0v) is 14.1. The Bertz CT molecular complexity index is 403. The minimum atomic E-state index is -0.416. The summed E-state index contributed by atoms with van der Waals surface area (Å²) in [6, 6.07) is 0. The predicted molar refractivity (Wildman–Crippen MR) is 88.0 cm³/mol. The number of carbonyl (C=O) groups excluding carboxylic acids is 1. The number of carbonyl (C=O) groups is 1. The van der Waals surface area contributed by atoms with Crippen molar-refractivity contribution in [1.29, 1.82) is 0 Å². The molecule has 0 bridgehead atoms. The van der Waals surface area contributed by atoms with Gasteiger partial charge < -0.3 is 9.84 Å². The second-order valence-electron chi connectivity index (χ2n) is 5.97. The van der Waals surface area contributed by atoms with Crippen LogP contribution < -0.4 is 0 Å². The van der Waals surface area contributed by atoms with Crippen LogP contribution in [0.2, 0.25) is 0 Å². The standard InChI is InChI=1S/C18H30O3/c1-13(2)17(19)11-10-15(5)8-7-9-16(6)12-18(20)21-14(3)4/h8,12,14,17,19H,1,7,9-11H2,2-6H3. The first-order chi connectivity index (χ1) is 9.72. The van der Waals surface area contributed by atoms with Crippen molar-refractivity contribution in [1.82, 2.24) is 0 Å². The van der Waals surface area contributed by atoms with Gasteiger partial charge >= 0.3 is 5.97 Å². The maximum Gasteiger partial charge on any atom is 0.330 e. The zero-order chi connectivity index (χ0) is 16.4. The van der Waals surface area contributed by atoms with Crippen LogP contribution >= 0.6 is 0 Å². The summed E-state index contributed by atoms with van der Waals surface area (Å²) in [6.07, 6.45) is 6.55. The van der Waals surface area contributed by atoms with Crippen LogP contribution in [-0.4, -0.2) is 23.3 Å². The van der Waals surface area contributed by atoms with Crippen LogP contribution in [0, 0.1) is 0 Å². The van der Waals surface area contributed by atoms with E-state index in [1.165, 1.54) is 5.57 Å². The lowest BCUT2D eigenvalue weighted by molar-refractivity contribution is -0.141. The van der Waals surface area contributed by atoms with Crippen molar-refractivity contribution in [3.8, 4) is 0 Å². The quantitative estimate of drug-likeness (QED) is 0.391. The van der Waals surface area contributed by atoms with Crippen LogP contribution in [0.5, 0.6) is 0 Å². The van der Waals surface area contributed by atoms with Crippen molar-refractivity contribution >= 4 is 5.97 Å². The number of aliphatic hydroxyl groups is 1. The molecule has 21 heavy (non-hydrogen) atoms. The highest BCUT2D eigenvalue weighted by molar-refractivity contribution is 5.82. The van der Waals surface area contributed by atoms with Crippen molar-refractivity contribution in [2.24, 2.45) is 0 Å². The third-order valence-electron chi connectivity index (χ3n) is 3.13. The van der Waals surface area contributed by atoms with Crippen molar-refractivity contribution in [2.75, 3.05) is 0 Å². The molecular formula is C18H30O3. The smallest absolute Gasteiger partial charge is 0.330 e. The average Bonchev–Trinajstić information content (AvgIpc) is 2.34. The topological polar surface area (TPSA) is 46.5 Å². The maximum atomic E-state index is 11.5. The van der Waals surface area contributed by atoms with Gasteiger partial charge in [-0.15, -0.1) is 0 Å². The lowest BCUT2D eigenvalue weighted by atomic mass is 10.0. The van der Waals surface area contributed by atoms with Gasteiger partial charge in [-0.05, 0) is 60.3 Å². The van der Waals surface area contributed by atoms with Crippen LogP contribution in [0.4, 0.5) is 0 Å². The van der Waals surface area contributed by atoms with E-state index in [0.717, 1.165) is 30.4 Å². The Morgan fingerprint density at radius 3 is 2.33 bits per heavy atom. The van der Waals surface area contributed by atoms with Gasteiger partial charge in [0.05, 0.1) is 12.2 Å². The number of esters is 1. The fourth-order valence-corrected chi connectivity index (χ4v) is 1.80. The molecule has 1 unspecified atom stereocenters. The van der Waals surface area contributed by atoms with Crippen molar-refractivity contribution in [3.63, 3.8) is 0 Å². The predicted octanol–water partition coefficient (Wildman–Crippen LogP) is 4.33. The molecule has 0 aromatic rings. The lowest BCUT2D eigenvalue weighted by Gasteiger charge is -2.10. The Kier molecular flexibility index (Phi) is 9.72. The first kappa shape index (κ1) is 19.7. The average molecular weight is 294 g/mol. The Morgan fingerprint density at radius 1 is 1.19 bits per heavy atom. The molecule has 0 aromatic carbocycles. The Hall–Kier alpha value is -1.35. The highest BCUT2D eigenvalue weighted by atomic mass is 16.5. The molecule has 0 amide bonds. The van der Waals surface area contributed by atoms with Gasteiger partial charge in [0.2, 0.25) is 0 Å². The third-order valence-corrected chi connectivity index (χ3v) is 3.13. The van der Waals surface area contributed by atoms with Gasteiger partial charge in [0, 0.05) is 6.08 Å². The molecule has 0 rings (SSSR count). The molecule has 3 heteroatoms. The third kappa shape index (κ3) is 11.0.